The molecule has 34 heavy (non-hydrogen) atoms. The molecule has 2 aromatic carbocycles. The Morgan fingerprint density at radius 2 is 1.82 bits per heavy atom. The molecule has 2 aliphatic rings. The zero-order chi connectivity index (χ0) is 23.1. The van der Waals surface area contributed by atoms with Gasteiger partial charge in [-0.2, -0.15) is 5.10 Å². The molecule has 0 unspecified atom stereocenters. The van der Waals surface area contributed by atoms with Gasteiger partial charge in [0.2, 0.25) is 0 Å². The van der Waals surface area contributed by atoms with Gasteiger partial charge in [0.15, 0.2) is 11.8 Å². The molecule has 4 heterocycles. The van der Waals surface area contributed by atoms with Crippen molar-refractivity contribution in [3.8, 4) is 22.8 Å². The number of piperidine rings is 1. The molecule has 6 rings (SSSR count). The highest BCUT2D eigenvalue weighted by atomic mass is 16.6. The van der Waals surface area contributed by atoms with E-state index in [-0.39, 0.29) is 18.1 Å². The minimum atomic E-state index is -0.279. The number of nitrogens with zero attached hydrogens (tertiary/aromatic N) is 5. The van der Waals surface area contributed by atoms with E-state index >= 15 is 0 Å². The van der Waals surface area contributed by atoms with Gasteiger partial charge in [0.1, 0.15) is 29.3 Å². The summed E-state index contributed by atoms with van der Waals surface area (Å²) in [6, 6.07) is 17.4. The molecule has 1 amide bonds. The number of aromatic nitrogens is 4. The average Bonchev–Trinajstić information content (AvgIpc) is 3.65. The first kappa shape index (κ1) is 20.6. The molecule has 0 saturated carbocycles. The van der Waals surface area contributed by atoms with Crippen molar-refractivity contribution in [3.63, 3.8) is 0 Å². The van der Waals surface area contributed by atoms with E-state index in [1.54, 1.807) is 0 Å². The van der Waals surface area contributed by atoms with Crippen molar-refractivity contribution in [2.24, 2.45) is 0 Å². The first-order valence-electron chi connectivity index (χ1n) is 11.4. The molecule has 9 nitrogen and oxygen atoms in total. The molecule has 9 heteroatoms. The molecule has 2 saturated heterocycles. The fraction of sp³-hybridized carbons (Fsp3) is 0.280. The van der Waals surface area contributed by atoms with Gasteiger partial charge in [-0.05, 0) is 49.2 Å². The lowest BCUT2D eigenvalue weighted by molar-refractivity contribution is -0.134. The van der Waals surface area contributed by atoms with E-state index < -0.39 is 0 Å². The molecule has 0 bridgehead atoms. The third kappa shape index (κ3) is 3.84. The highest BCUT2D eigenvalue weighted by Gasteiger charge is 2.37. The lowest BCUT2D eigenvalue weighted by Gasteiger charge is -2.32. The summed E-state index contributed by atoms with van der Waals surface area (Å²) in [6.07, 6.45) is 2.98. The number of anilines is 1. The van der Waals surface area contributed by atoms with Gasteiger partial charge in [-0.25, -0.2) is 14.6 Å². The van der Waals surface area contributed by atoms with Gasteiger partial charge in [-0.15, -0.1) is 0 Å². The van der Waals surface area contributed by atoms with Crippen LogP contribution in [-0.4, -0.2) is 56.4 Å². The Kier molecular flexibility index (Phi) is 5.10. The van der Waals surface area contributed by atoms with E-state index in [2.05, 4.69) is 9.97 Å². The quantitative estimate of drug-likeness (QED) is 0.458. The number of hydrogen-bond donors (Lipinski definition) is 1. The number of para-hydroxylation sites is 1. The molecule has 0 aliphatic carbocycles. The number of likely N-dealkylation sites (tertiary alicyclic amines) is 1. The number of rotatable bonds is 5. The molecule has 0 spiro atoms. The van der Waals surface area contributed by atoms with Crippen LogP contribution in [0.3, 0.4) is 0 Å². The topological polar surface area (TPSA) is 112 Å². The third-order valence-corrected chi connectivity index (χ3v) is 6.29. The normalized spacial score (nSPS) is 19.8. The number of epoxide rings is 1. The first-order valence-corrected chi connectivity index (χ1v) is 11.4. The maximum atomic E-state index is 12.6. The standard InChI is InChI=1S/C25H24N6O3/c26-23-21-22(16-8-10-19(11-9-16)34-18-6-2-1-3-7-18)29-31(24(21)28-15-27-23)17-5-4-12-30(13-17)25(32)20-14-33-20/h1-3,6-11,15,17,20H,4-5,12-14H2,(H2,26,27,28)/t17-,20-/m1/s1. The number of hydrogen-bond acceptors (Lipinski definition) is 7. The number of fused-ring (bicyclic) bond motifs is 1. The lowest BCUT2D eigenvalue weighted by Crippen LogP contribution is -2.43. The Labute approximate surface area is 196 Å². The van der Waals surface area contributed by atoms with Crippen LogP contribution in [0.5, 0.6) is 11.5 Å². The minimum absolute atomic E-state index is 0.00249. The molecule has 2 aromatic heterocycles. The van der Waals surface area contributed by atoms with E-state index in [1.165, 1.54) is 6.33 Å². The fourth-order valence-corrected chi connectivity index (χ4v) is 4.51. The molecule has 0 radical (unpaired) electrons. The number of carbonyl (C=O) groups is 1. The summed E-state index contributed by atoms with van der Waals surface area (Å²) in [6.45, 7) is 1.83. The van der Waals surface area contributed by atoms with Gasteiger partial charge < -0.3 is 20.1 Å². The monoisotopic (exact) mass is 456 g/mol. The van der Waals surface area contributed by atoms with Gasteiger partial charge in [-0.1, -0.05) is 18.2 Å². The Balaban J connectivity index is 1.33. The second-order valence-corrected chi connectivity index (χ2v) is 8.59. The van der Waals surface area contributed by atoms with Crippen LogP contribution in [0.15, 0.2) is 60.9 Å². The van der Waals surface area contributed by atoms with Crippen molar-refractivity contribution in [2.45, 2.75) is 25.0 Å². The summed E-state index contributed by atoms with van der Waals surface area (Å²) in [5, 5.41) is 5.65. The Hall–Kier alpha value is -3.98. The number of nitrogens with two attached hydrogens (primary N) is 1. The number of nitrogen functional groups attached to an aromatic ring is 1. The van der Waals surface area contributed by atoms with E-state index in [9.17, 15) is 4.79 Å². The summed E-state index contributed by atoms with van der Waals surface area (Å²) >= 11 is 0. The number of amides is 1. The molecule has 2 atom stereocenters. The smallest absolute Gasteiger partial charge is 0.254 e. The highest BCUT2D eigenvalue weighted by molar-refractivity contribution is 5.98. The summed E-state index contributed by atoms with van der Waals surface area (Å²) in [5.41, 5.74) is 8.56. The molecule has 2 N–H and O–H groups in total. The van der Waals surface area contributed by atoms with Crippen LogP contribution < -0.4 is 10.5 Å². The predicted octanol–water partition coefficient (Wildman–Crippen LogP) is 3.43. The van der Waals surface area contributed by atoms with Gasteiger partial charge >= 0.3 is 0 Å². The summed E-state index contributed by atoms with van der Waals surface area (Å²) in [5.74, 6) is 1.94. The number of carbonyl (C=O) groups excluding carboxylic acids is 1. The minimum Gasteiger partial charge on any atom is -0.457 e. The molecular weight excluding hydrogens is 432 g/mol. The molecule has 4 aromatic rings. The van der Waals surface area contributed by atoms with Gasteiger partial charge in [-0.3, -0.25) is 4.79 Å². The zero-order valence-corrected chi connectivity index (χ0v) is 18.5. The second-order valence-electron chi connectivity index (χ2n) is 8.59. The second kappa shape index (κ2) is 8.42. The molecular formula is C25H24N6O3. The van der Waals surface area contributed by atoms with E-state index in [4.69, 9.17) is 20.3 Å². The van der Waals surface area contributed by atoms with Crippen LogP contribution in [0.4, 0.5) is 5.82 Å². The van der Waals surface area contributed by atoms with E-state index in [0.29, 0.717) is 35.7 Å². The van der Waals surface area contributed by atoms with Crippen molar-refractivity contribution in [2.75, 3.05) is 25.4 Å². The van der Waals surface area contributed by atoms with Crippen molar-refractivity contribution < 1.29 is 14.3 Å². The van der Waals surface area contributed by atoms with Crippen LogP contribution in [0.25, 0.3) is 22.3 Å². The molecule has 2 fully saturated rings. The van der Waals surface area contributed by atoms with Crippen LogP contribution in [0.2, 0.25) is 0 Å². The van der Waals surface area contributed by atoms with Gasteiger partial charge in [0.25, 0.3) is 5.91 Å². The van der Waals surface area contributed by atoms with Crippen molar-refractivity contribution >= 4 is 22.8 Å². The Morgan fingerprint density at radius 3 is 2.59 bits per heavy atom. The van der Waals surface area contributed by atoms with Crippen molar-refractivity contribution in [1.29, 1.82) is 0 Å². The SMILES string of the molecule is Nc1ncnc2c1c(-c1ccc(Oc3ccccc3)cc1)nn2[C@@H]1CCCN(C(=O)[C@H]2CO2)C1. The van der Waals surface area contributed by atoms with E-state index in [1.807, 2.05) is 64.2 Å². The van der Waals surface area contributed by atoms with Crippen molar-refractivity contribution in [1.82, 2.24) is 24.6 Å². The third-order valence-electron chi connectivity index (χ3n) is 6.29. The van der Waals surface area contributed by atoms with Crippen LogP contribution in [0.1, 0.15) is 18.9 Å². The van der Waals surface area contributed by atoms with Crippen LogP contribution in [0, 0.1) is 0 Å². The maximum absolute atomic E-state index is 12.6. The summed E-state index contributed by atoms with van der Waals surface area (Å²) in [4.78, 5) is 23.2. The van der Waals surface area contributed by atoms with Gasteiger partial charge in [0.05, 0.1) is 18.0 Å². The van der Waals surface area contributed by atoms with Gasteiger partial charge in [0, 0.05) is 18.7 Å². The fourth-order valence-electron chi connectivity index (χ4n) is 4.51. The summed E-state index contributed by atoms with van der Waals surface area (Å²) in [7, 11) is 0. The van der Waals surface area contributed by atoms with E-state index in [0.717, 1.165) is 36.4 Å². The highest BCUT2D eigenvalue weighted by Crippen LogP contribution is 2.35. The lowest BCUT2D eigenvalue weighted by atomic mass is 10.1. The number of ether oxygens (including phenoxy) is 2. The largest absolute Gasteiger partial charge is 0.457 e. The van der Waals surface area contributed by atoms with Crippen molar-refractivity contribution in [3.05, 3.63) is 60.9 Å². The molecule has 2 aliphatic heterocycles. The van der Waals surface area contributed by atoms with Crippen LogP contribution in [-0.2, 0) is 9.53 Å². The zero-order valence-electron chi connectivity index (χ0n) is 18.5. The van der Waals surface area contributed by atoms with Crippen LogP contribution >= 0.6 is 0 Å². The first-order chi connectivity index (χ1) is 16.7. The number of benzene rings is 2. The Bertz CT molecular complexity index is 1330. The summed E-state index contributed by atoms with van der Waals surface area (Å²) < 4.78 is 13.0. The predicted molar refractivity (Wildman–Crippen MR) is 126 cm³/mol. The maximum Gasteiger partial charge on any atom is 0.254 e. The molecule has 172 valence electrons. The average molecular weight is 457 g/mol. The Morgan fingerprint density at radius 1 is 1.06 bits per heavy atom.